The number of rotatable bonds is 3. The highest BCUT2D eigenvalue weighted by molar-refractivity contribution is 7.12. The third-order valence-corrected chi connectivity index (χ3v) is 5.01. The fourth-order valence-corrected chi connectivity index (χ4v) is 3.97. The molecule has 2 nitrogen and oxygen atoms in total. The Hall–Kier alpha value is -1.23. The normalized spacial score (nSPS) is 18.4. The van der Waals surface area contributed by atoms with Crippen LogP contribution in [-0.2, 0) is 0 Å². The van der Waals surface area contributed by atoms with Gasteiger partial charge in [-0.25, -0.2) is 4.39 Å². The number of halogens is 1. The Bertz CT molecular complexity index is 571. The van der Waals surface area contributed by atoms with E-state index in [1.165, 1.54) is 15.3 Å². The summed E-state index contributed by atoms with van der Waals surface area (Å²) in [5.74, 6) is -0.169. The standard InChI is InChI=1S/C17H21FN2S/c1-13-3-8-16(21-13)17(14-4-6-15(18)7-5-14)20-11-2-9-19-10-12-20/h3-8,17,19H,2,9-12H2,1H3. The number of hydrogen-bond acceptors (Lipinski definition) is 3. The third-order valence-electron chi connectivity index (χ3n) is 3.96. The highest BCUT2D eigenvalue weighted by Crippen LogP contribution is 2.33. The Morgan fingerprint density at radius 3 is 2.62 bits per heavy atom. The van der Waals surface area contributed by atoms with Crippen molar-refractivity contribution in [3.05, 3.63) is 57.5 Å². The zero-order valence-electron chi connectivity index (χ0n) is 12.3. The van der Waals surface area contributed by atoms with E-state index in [-0.39, 0.29) is 11.9 Å². The molecule has 1 aromatic carbocycles. The van der Waals surface area contributed by atoms with E-state index < -0.39 is 0 Å². The van der Waals surface area contributed by atoms with Crippen molar-refractivity contribution in [2.75, 3.05) is 26.2 Å². The lowest BCUT2D eigenvalue weighted by Crippen LogP contribution is -2.32. The van der Waals surface area contributed by atoms with E-state index >= 15 is 0 Å². The number of thiophene rings is 1. The lowest BCUT2D eigenvalue weighted by atomic mass is 10.0. The molecule has 1 saturated heterocycles. The van der Waals surface area contributed by atoms with Gasteiger partial charge in [-0.2, -0.15) is 0 Å². The zero-order valence-corrected chi connectivity index (χ0v) is 13.1. The van der Waals surface area contributed by atoms with E-state index in [2.05, 4.69) is 29.3 Å². The van der Waals surface area contributed by atoms with Crippen molar-refractivity contribution in [3.8, 4) is 0 Å². The molecule has 0 radical (unpaired) electrons. The minimum atomic E-state index is -0.169. The molecule has 0 amide bonds. The lowest BCUT2D eigenvalue weighted by molar-refractivity contribution is 0.244. The molecule has 0 bridgehead atoms. The van der Waals surface area contributed by atoms with Crippen LogP contribution in [-0.4, -0.2) is 31.1 Å². The van der Waals surface area contributed by atoms with Crippen LogP contribution in [0.1, 0.15) is 27.8 Å². The summed E-state index contributed by atoms with van der Waals surface area (Å²) in [6.07, 6.45) is 1.15. The van der Waals surface area contributed by atoms with Gasteiger partial charge in [-0.05, 0) is 49.7 Å². The monoisotopic (exact) mass is 304 g/mol. The summed E-state index contributed by atoms with van der Waals surface area (Å²) in [7, 11) is 0. The van der Waals surface area contributed by atoms with Crippen LogP contribution < -0.4 is 5.32 Å². The van der Waals surface area contributed by atoms with Gasteiger partial charge in [0.25, 0.3) is 0 Å². The predicted molar refractivity (Wildman–Crippen MR) is 86.4 cm³/mol. The van der Waals surface area contributed by atoms with E-state index in [0.29, 0.717) is 0 Å². The Kier molecular flexibility index (Phi) is 4.68. The molecule has 21 heavy (non-hydrogen) atoms. The molecule has 0 aliphatic carbocycles. The number of nitrogens with zero attached hydrogens (tertiary/aromatic N) is 1. The van der Waals surface area contributed by atoms with E-state index in [0.717, 1.165) is 32.6 Å². The summed E-state index contributed by atoms with van der Waals surface area (Å²) in [5.41, 5.74) is 1.18. The number of hydrogen-bond donors (Lipinski definition) is 1. The second-order valence-electron chi connectivity index (χ2n) is 5.54. The molecule has 1 fully saturated rings. The fourth-order valence-electron chi connectivity index (χ4n) is 2.93. The van der Waals surface area contributed by atoms with Crippen molar-refractivity contribution < 1.29 is 4.39 Å². The van der Waals surface area contributed by atoms with Crippen LogP contribution in [0.15, 0.2) is 36.4 Å². The average molecular weight is 304 g/mol. The fraction of sp³-hybridized carbons (Fsp3) is 0.412. The third kappa shape index (κ3) is 3.51. The molecule has 1 atom stereocenters. The molecule has 4 heteroatoms. The van der Waals surface area contributed by atoms with Crippen molar-refractivity contribution in [1.82, 2.24) is 10.2 Å². The van der Waals surface area contributed by atoms with Gasteiger partial charge in [-0.15, -0.1) is 11.3 Å². The summed E-state index contributed by atoms with van der Waals surface area (Å²) < 4.78 is 13.2. The summed E-state index contributed by atoms with van der Waals surface area (Å²) >= 11 is 1.84. The van der Waals surface area contributed by atoms with Crippen molar-refractivity contribution >= 4 is 11.3 Å². The smallest absolute Gasteiger partial charge is 0.123 e. The quantitative estimate of drug-likeness (QED) is 0.932. The minimum Gasteiger partial charge on any atom is -0.315 e. The molecule has 3 rings (SSSR count). The highest BCUT2D eigenvalue weighted by atomic mass is 32.1. The van der Waals surface area contributed by atoms with Crippen LogP contribution in [0, 0.1) is 12.7 Å². The van der Waals surface area contributed by atoms with E-state index in [1.54, 1.807) is 12.1 Å². The molecule has 0 saturated carbocycles. The first-order valence-corrected chi connectivity index (χ1v) is 8.32. The second-order valence-corrected chi connectivity index (χ2v) is 6.86. The molecule has 1 aliphatic heterocycles. The molecular formula is C17H21FN2S. The average Bonchev–Trinajstić information content (AvgIpc) is 2.74. The largest absolute Gasteiger partial charge is 0.315 e. The van der Waals surface area contributed by atoms with Gasteiger partial charge < -0.3 is 5.32 Å². The van der Waals surface area contributed by atoms with E-state index in [1.807, 2.05) is 23.5 Å². The molecule has 2 aromatic rings. The Labute approximate surface area is 129 Å². The van der Waals surface area contributed by atoms with Gasteiger partial charge in [0.15, 0.2) is 0 Å². The highest BCUT2D eigenvalue weighted by Gasteiger charge is 2.24. The van der Waals surface area contributed by atoms with Crippen molar-refractivity contribution in [3.63, 3.8) is 0 Å². The number of nitrogens with one attached hydrogen (secondary N) is 1. The van der Waals surface area contributed by atoms with Crippen LogP contribution >= 0.6 is 11.3 Å². The molecule has 0 spiro atoms. The summed E-state index contributed by atoms with van der Waals surface area (Å²) in [6.45, 7) is 6.34. The maximum atomic E-state index is 13.2. The first-order chi connectivity index (χ1) is 10.2. The predicted octanol–water partition coefficient (Wildman–Crippen LogP) is 3.58. The van der Waals surface area contributed by atoms with Crippen LogP contribution in [0.5, 0.6) is 0 Å². The number of aryl methyl sites for hydroxylation is 1. The molecular weight excluding hydrogens is 283 g/mol. The second kappa shape index (κ2) is 6.69. The first-order valence-electron chi connectivity index (χ1n) is 7.50. The molecule has 112 valence electrons. The number of benzene rings is 1. The maximum absolute atomic E-state index is 13.2. The van der Waals surface area contributed by atoms with Crippen molar-refractivity contribution in [1.29, 1.82) is 0 Å². The minimum absolute atomic E-state index is 0.169. The summed E-state index contributed by atoms with van der Waals surface area (Å²) in [5, 5.41) is 3.45. The van der Waals surface area contributed by atoms with Crippen LogP contribution in [0.25, 0.3) is 0 Å². The van der Waals surface area contributed by atoms with E-state index in [9.17, 15) is 4.39 Å². The van der Waals surface area contributed by atoms with Gasteiger partial charge in [0, 0.05) is 29.4 Å². The molecule has 1 unspecified atom stereocenters. The summed E-state index contributed by atoms with van der Waals surface area (Å²) in [4.78, 5) is 5.18. The van der Waals surface area contributed by atoms with Gasteiger partial charge in [-0.3, -0.25) is 4.90 Å². The van der Waals surface area contributed by atoms with Gasteiger partial charge in [0.1, 0.15) is 5.82 Å². The zero-order chi connectivity index (χ0) is 14.7. The van der Waals surface area contributed by atoms with Gasteiger partial charge >= 0.3 is 0 Å². The van der Waals surface area contributed by atoms with Crippen LogP contribution in [0.4, 0.5) is 4.39 Å². The van der Waals surface area contributed by atoms with Gasteiger partial charge in [0.2, 0.25) is 0 Å². The van der Waals surface area contributed by atoms with Gasteiger partial charge in [0.05, 0.1) is 6.04 Å². The lowest BCUT2D eigenvalue weighted by Gasteiger charge is -2.30. The SMILES string of the molecule is Cc1ccc(C(c2ccc(F)cc2)N2CCCNCC2)s1. The summed E-state index contributed by atoms with van der Waals surface area (Å²) in [6, 6.07) is 11.6. The topological polar surface area (TPSA) is 15.3 Å². The van der Waals surface area contributed by atoms with E-state index in [4.69, 9.17) is 0 Å². The maximum Gasteiger partial charge on any atom is 0.123 e. The van der Waals surface area contributed by atoms with Gasteiger partial charge in [-0.1, -0.05) is 12.1 Å². The molecule has 1 aliphatic rings. The van der Waals surface area contributed by atoms with Crippen LogP contribution in [0.3, 0.4) is 0 Å². The first kappa shape index (κ1) is 14.7. The molecule has 2 heterocycles. The Balaban J connectivity index is 1.95. The molecule has 1 aromatic heterocycles. The van der Waals surface area contributed by atoms with Crippen LogP contribution in [0.2, 0.25) is 0 Å². The Morgan fingerprint density at radius 2 is 1.90 bits per heavy atom. The Morgan fingerprint density at radius 1 is 1.10 bits per heavy atom. The molecule has 1 N–H and O–H groups in total. The van der Waals surface area contributed by atoms with Crippen molar-refractivity contribution in [2.45, 2.75) is 19.4 Å². The van der Waals surface area contributed by atoms with Crippen molar-refractivity contribution in [2.24, 2.45) is 0 Å².